The van der Waals surface area contributed by atoms with E-state index in [1.165, 1.54) is 17.5 Å². The van der Waals surface area contributed by atoms with Gasteiger partial charge in [0, 0.05) is 29.9 Å². The van der Waals surface area contributed by atoms with Crippen molar-refractivity contribution >= 4 is 31.6 Å². The molecule has 118 valence electrons. The Kier molecular flexibility index (Phi) is 5.13. The van der Waals surface area contributed by atoms with E-state index >= 15 is 0 Å². The molecule has 0 aromatic heterocycles. The van der Waals surface area contributed by atoms with Gasteiger partial charge in [-0.3, -0.25) is 0 Å². The van der Waals surface area contributed by atoms with Crippen LogP contribution in [0.3, 0.4) is 0 Å². The lowest BCUT2D eigenvalue weighted by atomic mass is 10.0. The minimum Gasteiger partial charge on any atom is -0.495 e. The van der Waals surface area contributed by atoms with Crippen LogP contribution in [0.5, 0.6) is 5.75 Å². The van der Waals surface area contributed by atoms with Gasteiger partial charge in [-0.1, -0.05) is 0 Å². The summed E-state index contributed by atoms with van der Waals surface area (Å²) in [5, 5.41) is 9.25. The summed E-state index contributed by atoms with van der Waals surface area (Å²) in [5.74, 6) is 0.231. The van der Waals surface area contributed by atoms with Gasteiger partial charge in [-0.15, -0.1) is 0 Å². The third-order valence-corrected chi connectivity index (χ3v) is 6.21. The fraction of sp³-hybridized carbons (Fsp3) is 0.538. The Morgan fingerprint density at radius 3 is 2.86 bits per heavy atom. The fourth-order valence-corrected chi connectivity index (χ4v) is 4.49. The van der Waals surface area contributed by atoms with Gasteiger partial charge in [0.2, 0.25) is 10.0 Å². The molecule has 0 aliphatic carbocycles. The minimum atomic E-state index is -3.69. The Morgan fingerprint density at radius 2 is 2.24 bits per heavy atom. The number of nitrogens with zero attached hydrogens (tertiary/aromatic N) is 1. The maximum Gasteiger partial charge on any atom is 0.246 e. The maximum absolute atomic E-state index is 12.8. The van der Waals surface area contributed by atoms with E-state index in [0.717, 1.165) is 12.8 Å². The molecule has 0 saturated carbocycles. The highest BCUT2D eigenvalue weighted by Crippen LogP contribution is 2.35. The van der Waals surface area contributed by atoms with E-state index in [0.29, 0.717) is 23.2 Å². The molecular weight excluding hydrogens is 360 g/mol. The number of piperidine rings is 1. The molecule has 1 aromatic rings. The number of ether oxygens (including phenoxy) is 1. The van der Waals surface area contributed by atoms with Crippen molar-refractivity contribution in [3.05, 3.63) is 16.6 Å². The number of halogens is 1. The molecule has 3 N–H and O–H groups in total. The number of aliphatic hydroxyl groups is 1. The molecule has 2 rings (SSSR count). The second-order valence-electron chi connectivity index (χ2n) is 5.08. The number of methoxy groups -OCH3 is 1. The zero-order valence-electron chi connectivity index (χ0n) is 11.8. The van der Waals surface area contributed by atoms with Gasteiger partial charge in [-0.25, -0.2) is 8.42 Å². The average molecular weight is 379 g/mol. The summed E-state index contributed by atoms with van der Waals surface area (Å²) in [5.41, 5.74) is 6.14. The molecule has 1 unspecified atom stereocenters. The minimum absolute atomic E-state index is 0.00830. The molecule has 21 heavy (non-hydrogen) atoms. The van der Waals surface area contributed by atoms with Gasteiger partial charge in [0.25, 0.3) is 0 Å². The quantitative estimate of drug-likeness (QED) is 0.773. The molecule has 0 spiro atoms. The summed E-state index contributed by atoms with van der Waals surface area (Å²) >= 11 is 3.26. The number of rotatable bonds is 4. The van der Waals surface area contributed by atoms with Gasteiger partial charge in [0.05, 0.1) is 7.11 Å². The van der Waals surface area contributed by atoms with Gasteiger partial charge in [0.1, 0.15) is 10.6 Å². The van der Waals surface area contributed by atoms with Gasteiger partial charge in [-0.05, 0) is 46.8 Å². The van der Waals surface area contributed by atoms with Crippen LogP contribution in [-0.4, -0.2) is 44.6 Å². The largest absolute Gasteiger partial charge is 0.495 e. The normalized spacial score (nSPS) is 20.4. The smallest absolute Gasteiger partial charge is 0.246 e. The Labute approximate surface area is 133 Å². The number of nitrogen functional groups attached to an aromatic ring is 1. The van der Waals surface area contributed by atoms with Crippen LogP contribution in [0.25, 0.3) is 0 Å². The Bertz CT molecular complexity index is 621. The molecule has 6 nitrogen and oxygen atoms in total. The van der Waals surface area contributed by atoms with Crippen molar-refractivity contribution in [3.63, 3.8) is 0 Å². The first-order valence-corrected chi connectivity index (χ1v) is 8.87. The van der Waals surface area contributed by atoms with Crippen molar-refractivity contribution in [1.29, 1.82) is 0 Å². The second-order valence-corrected chi connectivity index (χ2v) is 7.84. The Hall–Kier alpha value is -0.830. The van der Waals surface area contributed by atoms with Crippen molar-refractivity contribution in [3.8, 4) is 5.75 Å². The summed E-state index contributed by atoms with van der Waals surface area (Å²) in [6.45, 7) is 0.752. The summed E-state index contributed by atoms with van der Waals surface area (Å²) in [4.78, 5) is 0.0595. The summed E-state index contributed by atoms with van der Waals surface area (Å²) in [6, 6.07) is 2.95. The lowest BCUT2D eigenvalue weighted by Crippen LogP contribution is -2.41. The van der Waals surface area contributed by atoms with E-state index in [9.17, 15) is 13.5 Å². The third-order valence-electron chi connectivity index (χ3n) is 3.64. The summed E-state index contributed by atoms with van der Waals surface area (Å²) in [6.07, 6.45) is 1.57. The van der Waals surface area contributed by atoms with E-state index < -0.39 is 10.0 Å². The van der Waals surface area contributed by atoms with E-state index in [2.05, 4.69) is 15.9 Å². The van der Waals surface area contributed by atoms with E-state index in [-0.39, 0.29) is 23.2 Å². The predicted molar refractivity (Wildman–Crippen MR) is 83.7 cm³/mol. The number of hydrogen-bond donors (Lipinski definition) is 2. The van der Waals surface area contributed by atoms with Crippen LogP contribution >= 0.6 is 15.9 Å². The molecule has 1 aliphatic rings. The maximum atomic E-state index is 12.8. The zero-order valence-corrected chi connectivity index (χ0v) is 14.2. The van der Waals surface area contributed by atoms with Crippen molar-refractivity contribution in [2.45, 2.75) is 17.7 Å². The van der Waals surface area contributed by atoms with E-state index in [1.54, 1.807) is 6.07 Å². The zero-order chi connectivity index (χ0) is 15.6. The number of sulfonamides is 1. The second kappa shape index (κ2) is 6.51. The van der Waals surface area contributed by atoms with E-state index in [4.69, 9.17) is 10.5 Å². The van der Waals surface area contributed by atoms with Crippen LogP contribution in [0.15, 0.2) is 21.5 Å². The Morgan fingerprint density at radius 1 is 1.52 bits per heavy atom. The Balaban J connectivity index is 2.41. The fourth-order valence-electron chi connectivity index (χ4n) is 2.45. The number of anilines is 1. The molecule has 8 heteroatoms. The lowest BCUT2D eigenvalue weighted by Gasteiger charge is -2.31. The lowest BCUT2D eigenvalue weighted by molar-refractivity contribution is 0.165. The first-order chi connectivity index (χ1) is 9.90. The average Bonchev–Trinajstić information content (AvgIpc) is 2.49. The highest BCUT2D eigenvalue weighted by atomic mass is 79.9. The van der Waals surface area contributed by atoms with Crippen LogP contribution in [0, 0.1) is 5.92 Å². The first kappa shape index (κ1) is 16.5. The van der Waals surface area contributed by atoms with Gasteiger partial charge < -0.3 is 15.6 Å². The number of hydrogen-bond acceptors (Lipinski definition) is 5. The summed E-state index contributed by atoms with van der Waals surface area (Å²) < 4.78 is 32.7. The van der Waals surface area contributed by atoms with Crippen molar-refractivity contribution in [2.24, 2.45) is 5.92 Å². The monoisotopic (exact) mass is 378 g/mol. The molecule has 1 aromatic carbocycles. The molecule has 0 amide bonds. The molecule has 0 bridgehead atoms. The standard InChI is InChI=1S/C13H19BrN2O4S/c1-20-12-5-10(14)11(15)6-13(12)21(18,19)16-4-2-3-9(7-16)8-17/h5-6,9,17H,2-4,7-8,15H2,1H3. The molecule has 1 fully saturated rings. The highest BCUT2D eigenvalue weighted by molar-refractivity contribution is 9.10. The van der Waals surface area contributed by atoms with Crippen molar-refractivity contribution in [1.82, 2.24) is 4.31 Å². The molecule has 1 saturated heterocycles. The third kappa shape index (κ3) is 3.33. The van der Waals surface area contributed by atoms with Crippen LogP contribution in [0.2, 0.25) is 0 Å². The van der Waals surface area contributed by atoms with Crippen molar-refractivity contribution < 1.29 is 18.3 Å². The molecule has 1 aliphatic heterocycles. The number of benzene rings is 1. The van der Waals surface area contributed by atoms with Crippen LogP contribution in [0.4, 0.5) is 5.69 Å². The highest BCUT2D eigenvalue weighted by Gasteiger charge is 2.32. The molecular formula is C13H19BrN2O4S. The van der Waals surface area contributed by atoms with Crippen LogP contribution in [-0.2, 0) is 10.0 Å². The van der Waals surface area contributed by atoms with Gasteiger partial charge in [0.15, 0.2) is 0 Å². The number of aliphatic hydroxyl groups excluding tert-OH is 1. The van der Waals surface area contributed by atoms with Crippen LogP contribution < -0.4 is 10.5 Å². The SMILES string of the molecule is COc1cc(Br)c(N)cc1S(=O)(=O)N1CCCC(CO)C1. The molecule has 1 heterocycles. The molecule has 1 atom stereocenters. The van der Waals surface area contributed by atoms with Gasteiger partial charge in [-0.2, -0.15) is 4.31 Å². The molecule has 0 radical (unpaired) electrons. The van der Waals surface area contributed by atoms with Crippen molar-refractivity contribution in [2.75, 3.05) is 32.5 Å². The van der Waals surface area contributed by atoms with E-state index in [1.807, 2.05) is 0 Å². The van der Waals surface area contributed by atoms with Gasteiger partial charge >= 0.3 is 0 Å². The number of nitrogens with two attached hydrogens (primary N) is 1. The van der Waals surface area contributed by atoms with Crippen LogP contribution in [0.1, 0.15) is 12.8 Å². The summed E-state index contributed by atoms with van der Waals surface area (Å²) in [7, 11) is -2.27. The topological polar surface area (TPSA) is 92.9 Å². The first-order valence-electron chi connectivity index (χ1n) is 6.64. The predicted octanol–water partition coefficient (Wildman–Crippen LogP) is 1.43.